The fraction of sp³-hybridized carbons (Fsp3) is 0.310. The van der Waals surface area contributed by atoms with Crippen LogP contribution in [0.25, 0.3) is 0 Å². The topological polar surface area (TPSA) is 105 Å². The van der Waals surface area contributed by atoms with Crippen molar-refractivity contribution in [1.82, 2.24) is 10.2 Å². The van der Waals surface area contributed by atoms with Gasteiger partial charge in [0.1, 0.15) is 18.4 Å². The first-order valence-corrected chi connectivity index (χ1v) is 14.2. The van der Waals surface area contributed by atoms with Crippen LogP contribution >= 0.6 is 0 Å². The maximum atomic E-state index is 13.9. The summed E-state index contributed by atoms with van der Waals surface area (Å²) in [6.07, 6.45) is 0.715. The molecule has 0 unspecified atom stereocenters. The minimum absolute atomic E-state index is 0.0762. The minimum Gasteiger partial charge on any atom is -0.493 e. The zero-order valence-corrected chi connectivity index (χ0v) is 23.8. The van der Waals surface area contributed by atoms with Crippen LogP contribution in [0, 0.1) is 5.82 Å². The number of benzene rings is 3. The molecule has 0 saturated carbocycles. The Morgan fingerprint density at radius 2 is 1.60 bits per heavy atom. The van der Waals surface area contributed by atoms with E-state index in [1.165, 1.54) is 49.5 Å². The molecule has 0 fully saturated rings. The lowest BCUT2D eigenvalue weighted by Crippen LogP contribution is -2.51. The summed E-state index contributed by atoms with van der Waals surface area (Å²) in [5.74, 6) is -1.03. The van der Waals surface area contributed by atoms with Gasteiger partial charge in [0.2, 0.25) is 11.8 Å². The molecule has 0 aromatic heterocycles. The first-order chi connectivity index (χ1) is 19.1. The highest BCUT2D eigenvalue weighted by Gasteiger charge is 2.33. The van der Waals surface area contributed by atoms with E-state index in [0.29, 0.717) is 18.7 Å². The van der Waals surface area contributed by atoms with E-state index in [9.17, 15) is 22.4 Å². The van der Waals surface area contributed by atoms with Crippen LogP contribution in [0.3, 0.4) is 0 Å². The van der Waals surface area contributed by atoms with Gasteiger partial charge >= 0.3 is 0 Å². The molecule has 214 valence electrons. The van der Waals surface area contributed by atoms with E-state index in [0.717, 1.165) is 22.0 Å². The van der Waals surface area contributed by atoms with E-state index >= 15 is 0 Å². The van der Waals surface area contributed by atoms with Crippen molar-refractivity contribution >= 4 is 27.5 Å². The second-order valence-corrected chi connectivity index (χ2v) is 10.8. The quantitative estimate of drug-likeness (QED) is 0.333. The molecule has 3 aromatic rings. The van der Waals surface area contributed by atoms with Crippen LogP contribution in [0.4, 0.5) is 10.1 Å². The summed E-state index contributed by atoms with van der Waals surface area (Å²) in [5.41, 5.74) is 0.842. The van der Waals surface area contributed by atoms with Gasteiger partial charge in [-0.1, -0.05) is 37.3 Å². The number of anilines is 1. The molecule has 0 saturated heterocycles. The molecule has 0 heterocycles. The summed E-state index contributed by atoms with van der Waals surface area (Å²) in [6, 6.07) is 17.0. The lowest BCUT2D eigenvalue weighted by molar-refractivity contribution is -0.139. The fourth-order valence-electron chi connectivity index (χ4n) is 4.00. The lowest BCUT2D eigenvalue weighted by atomic mass is 10.1. The van der Waals surface area contributed by atoms with Gasteiger partial charge in [-0.3, -0.25) is 13.9 Å². The van der Waals surface area contributed by atoms with Gasteiger partial charge < -0.3 is 19.7 Å². The first kappa shape index (κ1) is 30.4. The normalized spacial score (nSPS) is 11.8. The second-order valence-electron chi connectivity index (χ2n) is 8.98. The van der Waals surface area contributed by atoms with Crippen molar-refractivity contribution < 1.29 is 31.9 Å². The number of nitrogens with zero attached hydrogens (tertiary/aromatic N) is 2. The molecule has 1 N–H and O–H groups in total. The fourth-order valence-corrected chi connectivity index (χ4v) is 5.43. The van der Waals surface area contributed by atoms with Gasteiger partial charge in [0.15, 0.2) is 11.5 Å². The van der Waals surface area contributed by atoms with Gasteiger partial charge in [-0.25, -0.2) is 12.8 Å². The average molecular weight is 572 g/mol. The Bertz CT molecular complexity index is 1400. The molecule has 3 aromatic carbocycles. The SMILES string of the molecule is CCCNC(=O)[C@@H](C)N(Cc1ccccc1)C(=O)CN(c1ccc(F)cc1)S(=O)(=O)c1ccc(OC)c(OC)c1. The molecule has 0 spiro atoms. The van der Waals surface area contributed by atoms with E-state index in [2.05, 4.69) is 5.32 Å². The molecule has 3 rings (SSSR count). The van der Waals surface area contributed by atoms with E-state index in [1.807, 2.05) is 37.3 Å². The Labute approximate surface area is 234 Å². The largest absolute Gasteiger partial charge is 0.493 e. The van der Waals surface area contributed by atoms with Crippen LogP contribution in [-0.2, 0) is 26.2 Å². The molecule has 40 heavy (non-hydrogen) atoms. The predicted octanol–water partition coefficient (Wildman–Crippen LogP) is 3.98. The zero-order valence-electron chi connectivity index (χ0n) is 23.0. The van der Waals surface area contributed by atoms with Crippen molar-refractivity contribution in [2.75, 3.05) is 31.6 Å². The maximum Gasteiger partial charge on any atom is 0.264 e. The van der Waals surface area contributed by atoms with Crippen molar-refractivity contribution in [2.24, 2.45) is 0 Å². The van der Waals surface area contributed by atoms with Gasteiger partial charge in [-0.15, -0.1) is 0 Å². The summed E-state index contributed by atoms with van der Waals surface area (Å²) < 4.78 is 53.0. The molecule has 2 amide bonds. The number of rotatable bonds is 13. The molecule has 1 atom stereocenters. The predicted molar refractivity (Wildman–Crippen MR) is 150 cm³/mol. The van der Waals surface area contributed by atoms with E-state index in [1.54, 1.807) is 6.92 Å². The molecule has 0 aliphatic rings. The van der Waals surface area contributed by atoms with Crippen molar-refractivity contribution in [3.05, 3.63) is 84.2 Å². The third kappa shape index (κ3) is 7.29. The summed E-state index contributed by atoms with van der Waals surface area (Å²) in [7, 11) is -1.56. The lowest BCUT2D eigenvalue weighted by Gasteiger charge is -2.32. The number of carbonyl (C=O) groups excluding carboxylic acids is 2. The van der Waals surface area contributed by atoms with Gasteiger partial charge in [0.25, 0.3) is 10.0 Å². The van der Waals surface area contributed by atoms with Crippen molar-refractivity contribution in [3.63, 3.8) is 0 Å². The Morgan fingerprint density at radius 3 is 2.20 bits per heavy atom. The number of carbonyl (C=O) groups is 2. The molecular weight excluding hydrogens is 537 g/mol. The number of hydrogen-bond acceptors (Lipinski definition) is 6. The maximum absolute atomic E-state index is 13.9. The molecule has 0 bridgehead atoms. The minimum atomic E-state index is -4.36. The standard InChI is InChI=1S/C29H34FN3O6S/c1-5-17-31-29(35)21(2)32(19-22-9-7-6-8-10-22)28(34)20-33(24-13-11-23(30)12-14-24)40(36,37)25-15-16-26(38-3)27(18-25)39-4/h6-16,18,21H,5,17,19-20H2,1-4H3,(H,31,35)/t21-/m1/s1. The number of methoxy groups -OCH3 is 2. The van der Waals surface area contributed by atoms with Crippen molar-refractivity contribution in [3.8, 4) is 11.5 Å². The molecule has 0 aliphatic heterocycles. The van der Waals surface area contributed by atoms with Crippen LogP contribution < -0.4 is 19.1 Å². The van der Waals surface area contributed by atoms with Gasteiger partial charge in [-0.05, 0) is 55.3 Å². The van der Waals surface area contributed by atoms with Crippen LogP contribution in [-0.4, -0.2) is 58.5 Å². The van der Waals surface area contributed by atoms with Gasteiger partial charge in [-0.2, -0.15) is 0 Å². The Hall–Kier alpha value is -4.12. The average Bonchev–Trinajstić information content (AvgIpc) is 2.97. The first-order valence-electron chi connectivity index (χ1n) is 12.7. The Morgan fingerprint density at radius 1 is 0.950 bits per heavy atom. The van der Waals surface area contributed by atoms with Crippen molar-refractivity contribution in [1.29, 1.82) is 0 Å². The highest BCUT2D eigenvalue weighted by Crippen LogP contribution is 2.32. The number of nitrogens with one attached hydrogen (secondary N) is 1. The van der Waals surface area contributed by atoms with Crippen LogP contribution in [0.5, 0.6) is 11.5 Å². The van der Waals surface area contributed by atoms with E-state index in [-0.39, 0.29) is 28.8 Å². The van der Waals surface area contributed by atoms with E-state index in [4.69, 9.17) is 9.47 Å². The highest BCUT2D eigenvalue weighted by molar-refractivity contribution is 7.92. The van der Waals surface area contributed by atoms with Crippen LogP contribution in [0.1, 0.15) is 25.8 Å². The highest BCUT2D eigenvalue weighted by atomic mass is 32.2. The van der Waals surface area contributed by atoms with Crippen LogP contribution in [0.15, 0.2) is 77.7 Å². The Kier molecular flexibility index (Phi) is 10.5. The summed E-state index contributed by atoms with van der Waals surface area (Å²) in [6.45, 7) is 3.38. The smallest absolute Gasteiger partial charge is 0.264 e. The number of amides is 2. The molecule has 0 radical (unpaired) electrons. The van der Waals surface area contributed by atoms with Gasteiger partial charge in [0, 0.05) is 19.2 Å². The number of halogens is 1. The second kappa shape index (κ2) is 13.8. The third-order valence-electron chi connectivity index (χ3n) is 6.25. The summed E-state index contributed by atoms with van der Waals surface area (Å²) in [4.78, 5) is 27.9. The molecule has 0 aliphatic carbocycles. The zero-order chi connectivity index (χ0) is 29.3. The number of ether oxygens (including phenoxy) is 2. The molecular formula is C29H34FN3O6S. The monoisotopic (exact) mass is 571 g/mol. The van der Waals surface area contributed by atoms with Crippen molar-refractivity contribution in [2.45, 2.75) is 37.8 Å². The number of hydrogen-bond donors (Lipinski definition) is 1. The Balaban J connectivity index is 2.04. The number of sulfonamides is 1. The van der Waals surface area contributed by atoms with Gasteiger partial charge in [0.05, 0.1) is 24.8 Å². The van der Waals surface area contributed by atoms with E-state index < -0.39 is 34.3 Å². The molecule has 9 nitrogen and oxygen atoms in total. The summed E-state index contributed by atoms with van der Waals surface area (Å²) >= 11 is 0. The van der Waals surface area contributed by atoms with Crippen LogP contribution in [0.2, 0.25) is 0 Å². The molecule has 11 heteroatoms. The summed E-state index contributed by atoms with van der Waals surface area (Å²) in [5, 5.41) is 2.79. The third-order valence-corrected chi connectivity index (χ3v) is 8.02.